The molecule has 2 rings (SSSR count). The molecule has 0 amide bonds. The number of hydrogen-bond donors (Lipinski definition) is 1. The molecule has 21 heavy (non-hydrogen) atoms. The van der Waals surface area contributed by atoms with Crippen LogP contribution >= 0.6 is 23.2 Å². The van der Waals surface area contributed by atoms with E-state index < -0.39 is 0 Å². The van der Waals surface area contributed by atoms with Gasteiger partial charge in [-0.3, -0.25) is 0 Å². The van der Waals surface area contributed by atoms with Crippen LogP contribution in [0.3, 0.4) is 0 Å². The molecule has 0 radical (unpaired) electrons. The Morgan fingerprint density at radius 1 is 1.24 bits per heavy atom. The lowest BCUT2D eigenvalue weighted by atomic mass is 10.2. The molecule has 1 aromatic heterocycles. The summed E-state index contributed by atoms with van der Waals surface area (Å²) in [5.74, 6) is 2.23. The molecule has 0 spiro atoms. The van der Waals surface area contributed by atoms with Crippen LogP contribution in [0, 0.1) is 6.92 Å². The molecule has 114 valence electrons. The molecule has 3 nitrogen and oxygen atoms in total. The molecule has 0 atom stereocenters. The minimum absolute atomic E-state index is 0.322. The molecule has 5 heteroatoms. The molecule has 1 aromatic carbocycles. The van der Waals surface area contributed by atoms with Gasteiger partial charge in [0.2, 0.25) is 0 Å². The van der Waals surface area contributed by atoms with Crippen molar-refractivity contribution in [2.45, 2.75) is 40.0 Å². The summed E-state index contributed by atoms with van der Waals surface area (Å²) in [5, 5.41) is 4.49. The van der Waals surface area contributed by atoms with E-state index in [4.69, 9.17) is 32.4 Å². The maximum atomic E-state index is 6.06. The SMILES string of the molecule is Cc1oc(COc2cc(Cl)ccc2Cl)cc1CNC(C)C. The molecule has 0 aliphatic heterocycles. The minimum atomic E-state index is 0.322. The van der Waals surface area contributed by atoms with Crippen molar-refractivity contribution in [3.8, 4) is 5.75 Å². The normalized spacial score (nSPS) is 11.1. The highest BCUT2D eigenvalue weighted by Crippen LogP contribution is 2.28. The Bertz CT molecular complexity index is 608. The third kappa shape index (κ3) is 4.67. The van der Waals surface area contributed by atoms with Crippen molar-refractivity contribution in [2.75, 3.05) is 0 Å². The number of halogens is 2. The fraction of sp³-hybridized carbons (Fsp3) is 0.375. The first kappa shape index (κ1) is 16.2. The third-order valence-corrected chi connectivity index (χ3v) is 3.58. The number of aryl methyl sites for hydroxylation is 1. The standard InChI is InChI=1S/C16H19Cl2NO2/c1-10(2)19-8-12-6-14(21-11(12)3)9-20-16-7-13(17)4-5-15(16)18/h4-7,10,19H,8-9H2,1-3H3. The second-order valence-corrected chi connectivity index (χ2v) is 6.04. The van der Waals surface area contributed by atoms with Crippen molar-refractivity contribution in [1.29, 1.82) is 0 Å². The van der Waals surface area contributed by atoms with Gasteiger partial charge in [0.1, 0.15) is 23.9 Å². The zero-order valence-corrected chi connectivity index (χ0v) is 13.9. The Balaban J connectivity index is 2.00. The molecule has 0 saturated heterocycles. The van der Waals surface area contributed by atoms with Gasteiger partial charge in [-0.15, -0.1) is 0 Å². The molecule has 0 unspecified atom stereocenters. The molecule has 0 saturated carbocycles. The fourth-order valence-electron chi connectivity index (χ4n) is 1.89. The van der Waals surface area contributed by atoms with Gasteiger partial charge in [-0.25, -0.2) is 0 Å². The van der Waals surface area contributed by atoms with Crippen molar-refractivity contribution in [2.24, 2.45) is 0 Å². The van der Waals surface area contributed by atoms with Gasteiger partial charge in [-0.05, 0) is 25.1 Å². The monoisotopic (exact) mass is 327 g/mol. The predicted molar refractivity (Wildman–Crippen MR) is 86.2 cm³/mol. The smallest absolute Gasteiger partial charge is 0.146 e. The zero-order chi connectivity index (χ0) is 15.4. The summed E-state index contributed by atoms with van der Waals surface area (Å²) in [4.78, 5) is 0. The van der Waals surface area contributed by atoms with Gasteiger partial charge in [-0.1, -0.05) is 37.0 Å². The highest BCUT2D eigenvalue weighted by molar-refractivity contribution is 6.34. The summed E-state index contributed by atoms with van der Waals surface area (Å²) in [5.41, 5.74) is 1.14. The van der Waals surface area contributed by atoms with Crippen molar-refractivity contribution >= 4 is 23.2 Å². The topological polar surface area (TPSA) is 34.4 Å². The average molecular weight is 328 g/mol. The highest BCUT2D eigenvalue weighted by atomic mass is 35.5. The van der Waals surface area contributed by atoms with E-state index in [2.05, 4.69) is 19.2 Å². The van der Waals surface area contributed by atoms with E-state index in [9.17, 15) is 0 Å². The molecule has 2 aromatic rings. The number of furan rings is 1. The molecule has 1 N–H and O–H groups in total. The Morgan fingerprint density at radius 2 is 2.00 bits per heavy atom. The van der Waals surface area contributed by atoms with E-state index in [0.29, 0.717) is 28.4 Å². The quantitative estimate of drug-likeness (QED) is 0.813. The van der Waals surface area contributed by atoms with Crippen LogP contribution in [0.15, 0.2) is 28.7 Å². The maximum absolute atomic E-state index is 6.06. The van der Waals surface area contributed by atoms with Crippen molar-refractivity contribution in [3.63, 3.8) is 0 Å². The molecule has 0 bridgehead atoms. The second-order valence-electron chi connectivity index (χ2n) is 5.19. The van der Waals surface area contributed by atoms with Crippen molar-refractivity contribution in [3.05, 3.63) is 51.4 Å². The lowest BCUT2D eigenvalue weighted by molar-refractivity contribution is 0.267. The Kier molecular flexibility index (Phi) is 5.57. The van der Waals surface area contributed by atoms with Gasteiger partial charge in [-0.2, -0.15) is 0 Å². The number of benzene rings is 1. The van der Waals surface area contributed by atoms with Gasteiger partial charge in [0.25, 0.3) is 0 Å². The summed E-state index contributed by atoms with van der Waals surface area (Å²) in [7, 11) is 0. The molecule has 1 heterocycles. The van der Waals surface area contributed by atoms with Crippen LogP contribution in [0.25, 0.3) is 0 Å². The van der Waals surface area contributed by atoms with Crippen LogP contribution in [0.1, 0.15) is 30.9 Å². The number of hydrogen-bond acceptors (Lipinski definition) is 3. The first-order valence-corrected chi connectivity index (χ1v) is 7.60. The molecule has 0 aliphatic rings. The second kappa shape index (κ2) is 7.21. The number of ether oxygens (including phenoxy) is 1. The van der Waals surface area contributed by atoms with E-state index in [1.165, 1.54) is 0 Å². The van der Waals surface area contributed by atoms with Gasteiger partial charge >= 0.3 is 0 Å². The highest BCUT2D eigenvalue weighted by Gasteiger charge is 2.10. The van der Waals surface area contributed by atoms with E-state index in [1.807, 2.05) is 13.0 Å². The predicted octanol–water partition coefficient (Wildman–Crippen LogP) is 4.97. The van der Waals surface area contributed by atoms with E-state index >= 15 is 0 Å². The van der Waals surface area contributed by atoms with Crippen molar-refractivity contribution in [1.82, 2.24) is 5.32 Å². The number of nitrogens with one attached hydrogen (secondary N) is 1. The minimum Gasteiger partial charge on any atom is -0.484 e. The molecule has 0 fully saturated rings. The maximum Gasteiger partial charge on any atom is 0.146 e. The lowest BCUT2D eigenvalue weighted by Gasteiger charge is -2.06. The molecule has 0 aliphatic carbocycles. The molecular formula is C16H19Cl2NO2. The van der Waals surface area contributed by atoms with Crippen LogP contribution in [0.5, 0.6) is 5.75 Å². The van der Waals surface area contributed by atoms with Gasteiger partial charge in [0, 0.05) is 29.2 Å². The average Bonchev–Trinajstić information content (AvgIpc) is 2.78. The van der Waals surface area contributed by atoms with Gasteiger partial charge in [0.05, 0.1) is 5.02 Å². The first-order valence-electron chi connectivity index (χ1n) is 6.85. The van der Waals surface area contributed by atoms with Gasteiger partial charge in [0.15, 0.2) is 0 Å². The first-order chi connectivity index (χ1) is 9.95. The fourth-order valence-corrected chi connectivity index (χ4v) is 2.22. The Hall–Kier alpha value is -1.16. The van der Waals surface area contributed by atoms with Crippen molar-refractivity contribution < 1.29 is 9.15 Å². The van der Waals surface area contributed by atoms with Crippen LogP contribution in [0.4, 0.5) is 0 Å². The van der Waals surface area contributed by atoms with Crippen LogP contribution in [0.2, 0.25) is 10.0 Å². The van der Waals surface area contributed by atoms with Crippen LogP contribution < -0.4 is 10.1 Å². The summed E-state index contributed by atoms with van der Waals surface area (Å²) in [6.45, 7) is 7.28. The van der Waals surface area contributed by atoms with Crippen LogP contribution in [-0.2, 0) is 13.2 Å². The third-order valence-electron chi connectivity index (χ3n) is 3.04. The number of rotatable bonds is 6. The van der Waals surface area contributed by atoms with E-state index in [1.54, 1.807) is 18.2 Å². The lowest BCUT2D eigenvalue weighted by Crippen LogP contribution is -2.21. The summed E-state index contributed by atoms with van der Waals surface area (Å²) < 4.78 is 11.4. The van der Waals surface area contributed by atoms with Crippen LogP contribution in [-0.4, -0.2) is 6.04 Å². The summed E-state index contributed by atoms with van der Waals surface area (Å²) in [6, 6.07) is 7.57. The van der Waals surface area contributed by atoms with E-state index in [0.717, 1.165) is 23.6 Å². The van der Waals surface area contributed by atoms with E-state index in [-0.39, 0.29) is 0 Å². The van der Waals surface area contributed by atoms with Gasteiger partial charge < -0.3 is 14.5 Å². The largest absolute Gasteiger partial charge is 0.484 e. The zero-order valence-electron chi connectivity index (χ0n) is 12.4. The Morgan fingerprint density at radius 3 is 2.71 bits per heavy atom. The molecular weight excluding hydrogens is 309 g/mol. The summed E-state index contributed by atoms with van der Waals surface area (Å²) >= 11 is 12.0. The summed E-state index contributed by atoms with van der Waals surface area (Å²) in [6.07, 6.45) is 0. The Labute approximate surface area is 135 Å².